The van der Waals surface area contributed by atoms with Crippen molar-refractivity contribution in [1.29, 1.82) is 5.26 Å². The summed E-state index contributed by atoms with van der Waals surface area (Å²) in [5.41, 5.74) is -3.73. The van der Waals surface area contributed by atoms with Crippen LogP contribution in [0, 0.1) is 10.7 Å². The average molecular weight is 1080 g/mol. The Kier molecular flexibility index (Phi) is 21.6. The zero-order chi connectivity index (χ0) is 56.3. The van der Waals surface area contributed by atoms with Crippen LogP contribution in [0.25, 0.3) is 0 Å². The lowest BCUT2D eigenvalue weighted by Crippen LogP contribution is -2.49. The van der Waals surface area contributed by atoms with E-state index in [2.05, 4.69) is 31.9 Å². The molecule has 0 spiro atoms. The number of carbonyl (C=O) groups excluding carboxylic acids is 5. The number of aromatic hydroxyl groups is 4. The smallest absolute Gasteiger partial charge is 0.319 e. The highest BCUT2D eigenvalue weighted by molar-refractivity contribution is 8.03. The zero-order valence-corrected chi connectivity index (χ0v) is 43.5. The number of thiocyanates is 1. The van der Waals surface area contributed by atoms with Crippen molar-refractivity contribution in [2.45, 2.75) is 30.2 Å². The molecule has 27 heteroatoms. The molecular formula is C50H61N13O13S. The van der Waals surface area contributed by atoms with E-state index in [1.807, 2.05) is 15.2 Å². The van der Waals surface area contributed by atoms with E-state index < -0.39 is 80.9 Å². The first-order valence-corrected chi connectivity index (χ1v) is 24.9. The van der Waals surface area contributed by atoms with Gasteiger partial charge in [0.25, 0.3) is 45.9 Å². The van der Waals surface area contributed by atoms with Crippen molar-refractivity contribution in [2.75, 3.05) is 70.8 Å². The molecule has 0 saturated carbocycles. The standard InChI is InChI=1S/C50H61N13O13S/c1-58-20-12-34(38(64)46(58)72)42(68)52-17-24-62(25-18-53-43(69)35-13-21-59(2)47(73)39(35)65)27-28-63(26-19-54-44(70)36-14-22-60(3)48(74)40(36)66)29-32(56-45(71)37-15-23-61(4)49(75)41(37)67)7-5-6-16-55-50(76)57-31-8-10-33(11-9-31)77-30-51/h8-15,20-23,32,64-67H,5-7,16-19,24-29H2,1-4H3,(H,52,68)(H,53,69)(H,54,70)(H,56,71)(H2,55,57,76). The quantitative estimate of drug-likeness (QED) is 0.0196. The van der Waals surface area contributed by atoms with Gasteiger partial charge in [0, 0.05) is 135 Å². The molecule has 5 rings (SSSR count). The summed E-state index contributed by atoms with van der Waals surface area (Å²) < 4.78 is 4.40. The van der Waals surface area contributed by atoms with Gasteiger partial charge in [-0.3, -0.25) is 48.2 Å². The molecule has 10 N–H and O–H groups in total. The van der Waals surface area contributed by atoms with Crippen LogP contribution in [0.15, 0.2) is 97.4 Å². The molecule has 4 heterocycles. The number of benzene rings is 1. The number of thioether (sulfide) groups is 1. The molecule has 1 atom stereocenters. The summed E-state index contributed by atoms with van der Waals surface area (Å²) in [6, 6.07) is 10.6. The lowest BCUT2D eigenvalue weighted by molar-refractivity contribution is 0.0900. The molecular weight excluding hydrogens is 1020 g/mol. The van der Waals surface area contributed by atoms with Crippen molar-refractivity contribution in [3.8, 4) is 28.4 Å². The number of carbonyl (C=O) groups is 5. The van der Waals surface area contributed by atoms with E-state index in [0.717, 1.165) is 30.0 Å². The van der Waals surface area contributed by atoms with Crippen molar-refractivity contribution in [2.24, 2.45) is 28.2 Å². The van der Waals surface area contributed by atoms with Crippen LogP contribution >= 0.6 is 11.8 Å². The summed E-state index contributed by atoms with van der Waals surface area (Å²) in [7, 11) is 5.63. The molecule has 4 aromatic heterocycles. The van der Waals surface area contributed by atoms with Crippen LogP contribution in [0.1, 0.15) is 60.7 Å². The normalized spacial score (nSPS) is 11.4. The molecule has 0 aliphatic rings. The summed E-state index contributed by atoms with van der Waals surface area (Å²) in [6.45, 7) is 0.830. The second-order valence-electron chi connectivity index (χ2n) is 17.7. The fraction of sp³-hybridized carbons (Fsp3) is 0.360. The molecule has 77 heavy (non-hydrogen) atoms. The zero-order valence-electron chi connectivity index (χ0n) is 42.7. The highest BCUT2D eigenvalue weighted by Gasteiger charge is 2.24. The third-order valence-electron chi connectivity index (χ3n) is 12.2. The third-order valence-corrected chi connectivity index (χ3v) is 12.8. The molecule has 410 valence electrons. The first kappa shape index (κ1) is 59.0. The van der Waals surface area contributed by atoms with Crippen molar-refractivity contribution in [3.05, 3.63) is 137 Å². The molecule has 1 aromatic carbocycles. The number of nitrogens with zero attached hydrogens (tertiary/aromatic N) is 7. The number of aromatic nitrogens is 4. The number of nitrogens with one attached hydrogen (secondary N) is 6. The second kappa shape index (κ2) is 28.1. The van der Waals surface area contributed by atoms with Gasteiger partial charge >= 0.3 is 6.03 Å². The van der Waals surface area contributed by atoms with Crippen molar-refractivity contribution < 1.29 is 44.4 Å². The summed E-state index contributed by atoms with van der Waals surface area (Å²) in [6.07, 6.45) is 6.44. The number of hydrogen-bond donors (Lipinski definition) is 10. The van der Waals surface area contributed by atoms with Crippen molar-refractivity contribution >= 4 is 47.1 Å². The molecule has 6 amide bonds. The Morgan fingerprint density at radius 3 is 1.34 bits per heavy atom. The van der Waals surface area contributed by atoms with Crippen molar-refractivity contribution in [1.82, 2.24) is 54.7 Å². The van der Waals surface area contributed by atoms with E-state index in [0.29, 0.717) is 23.4 Å². The number of anilines is 1. The van der Waals surface area contributed by atoms with E-state index in [1.54, 1.807) is 24.3 Å². The number of rotatable bonds is 26. The Labute approximate surface area is 444 Å². The van der Waals surface area contributed by atoms with E-state index >= 15 is 0 Å². The largest absolute Gasteiger partial charge is 0.502 e. The van der Waals surface area contributed by atoms with Crippen LogP contribution in [0.3, 0.4) is 0 Å². The third kappa shape index (κ3) is 16.6. The fourth-order valence-electron chi connectivity index (χ4n) is 7.71. The topological polar surface area (TPSA) is 357 Å². The van der Waals surface area contributed by atoms with Crippen LogP contribution < -0.4 is 54.1 Å². The Morgan fingerprint density at radius 1 is 0.532 bits per heavy atom. The molecule has 0 aliphatic heterocycles. The van der Waals surface area contributed by atoms with Gasteiger partial charge in [-0.2, -0.15) is 5.26 Å². The summed E-state index contributed by atoms with van der Waals surface area (Å²) in [4.78, 5) is 120. The van der Waals surface area contributed by atoms with Crippen LogP contribution in [-0.4, -0.2) is 150 Å². The lowest BCUT2D eigenvalue weighted by atomic mass is 10.1. The second-order valence-corrected chi connectivity index (χ2v) is 18.5. The SMILES string of the molecule is Cn1ccc(C(=O)NCCN(CCNC(=O)c2ccn(C)c(=O)c2O)CCN(CCNC(=O)c2ccn(C)c(=O)c2O)CC(CCCCNC(=O)Nc2ccc(SC#N)cc2)NC(=O)c2ccn(C)c(=O)c2O)c(O)c1=O. The van der Waals surface area contributed by atoms with Gasteiger partial charge in [-0.05, 0) is 79.6 Å². The number of amides is 6. The van der Waals surface area contributed by atoms with Crippen LogP contribution in [0.2, 0.25) is 0 Å². The average Bonchev–Trinajstić information content (AvgIpc) is 3.40. The Bertz CT molecular complexity index is 3160. The maximum absolute atomic E-state index is 13.8. The number of pyridine rings is 4. The minimum Gasteiger partial charge on any atom is -0.502 e. The number of urea groups is 1. The molecule has 0 bridgehead atoms. The van der Waals surface area contributed by atoms with Crippen LogP contribution in [0.5, 0.6) is 23.0 Å². The number of unbranched alkanes of at least 4 members (excludes halogenated alkanes) is 1. The Morgan fingerprint density at radius 2 is 0.922 bits per heavy atom. The maximum atomic E-state index is 13.8. The molecule has 0 saturated heterocycles. The minimum absolute atomic E-state index is 0.0361. The summed E-state index contributed by atoms with van der Waals surface area (Å²) in [5, 5.41) is 69.3. The van der Waals surface area contributed by atoms with Gasteiger partial charge in [0.2, 0.25) is 0 Å². The predicted octanol–water partition coefficient (Wildman–Crippen LogP) is -0.139. The van der Waals surface area contributed by atoms with E-state index in [-0.39, 0.29) is 94.1 Å². The Balaban J connectivity index is 1.37. The molecule has 0 fully saturated rings. The fourth-order valence-corrected chi connectivity index (χ4v) is 8.09. The predicted molar refractivity (Wildman–Crippen MR) is 283 cm³/mol. The number of nitriles is 1. The highest BCUT2D eigenvalue weighted by atomic mass is 32.2. The van der Waals surface area contributed by atoms with Crippen LogP contribution in [0.4, 0.5) is 10.5 Å². The van der Waals surface area contributed by atoms with E-state index in [9.17, 15) is 63.6 Å². The lowest BCUT2D eigenvalue weighted by Gasteiger charge is -2.31. The summed E-state index contributed by atoms with van der Waals surface area (Å²) >= 11 is 0.978. The van der Waals surface area contributed by atoms with Gasteiger partial charge < -0.3 is 70.6 Å². The maximum Gasteiger partial charge on any atom is 0.319 e. The monoisotopic (exact) mass is 1080 g/mol. The highest BCUT2D eigenvalue weighted by Crippen LogP contribution is 2.19. The molecule has 1 unspecified atom stereocenters. The van der Waals surface area contributed by atoms with Gasteiger partial charge in [0.1, 0.15) is 5.40 Å². The van der Waals surface area contributed by atoms with Crippen molar-refractivity contribution in [3.63, 3.8) is 0 Å². The minimum atomic E-state index is -0.808. The molecule has 0 aliphatic carbocycles. The van der Waals surface area contributed by atoms with Crippen LogP contribution in [-0.2, 0) is 28.2 Å². The van der Waals surface area contributed by atoms with Gasteiger partial charge in [0.05, 0.1) is 22.3 Å². The molecule has 0 radical (unpaired) electrons. The number of hydrogen-bond acceptors (Lipinski definition) is 17. The van der Waals surface area contributed by atoms with E-state index in [4.69, 9.17) is 5.26 Å². The van der Waals surface area contributed by atoms with Gasteiger partial charge in [-0.15, -0.1) is 0 Å². The van der Waals surface area contributed by atoms with Gasteiger partial charge in [0.15, 0.2) is 23.0 Å². The number of aryl methyl sites for hydroxylation is 4. The van der Waals surface area contributed by atoms with E-state index in [1.165, 1.54) is 77.2 Å². The first-order chi connectivity index (χ1) is 36.7. The first-order valence-electron chi connectivity index (χ1n) is 24.1. The summed E-state index contributed by atoms with van der Waals surface area (Å²) in [5.74, 6) is -6.04. The molecule has 26 nitrogen and oxygen atoms in total. The van der Waals surface area contributed by atoms with Gasteiger partial charge in [-0.25, -0.2) is 4.79 Å². The molecule has 5 aromatic rings. The van der Waals surface area contributed by atoms with Gasteiger partial charge in [-0.1, -0.05) is 0 Å². The Hall–Kier alpha value is -8.87.